The molecular formula is C24H30N2O6S. The molecule has 1 saturated carbocycles. The van der Waals surface area contributed by atoms with Gasteiger partial charge in [-0.2, -0.15) is 4.31 Å². The van der Waals surface area contributed by atoms with Gasteiger partial charge in [0.2, 0.25) is 10.0 Å². The van der Waals surface area contributed by atoms with E-state index < -0.39 is 15.6 Å². The molecule has 3 atom stereocenters. The number of sulfonamides is 1. The number of rotatable bonds is 4. The standard InChI is InChI=1S/C24H30N2O6S/c1-2-16-3-6-21-18(13-16)15-31-24(28)26(21)19-9-11-25(12-10-19)33(29,30)20-5-7-22-17(14-20)4-8-23(27)32-22/h4-5,7-8,14,16,18-19,21H,2-3,6,9-13,15H2,1H3. The Kier molecular flexibility index (Phi) is 5.95. The summed E-state index contributed by atoms with van der Waals surface area (Å²) >= 11 is 0. The maximum atomic E-state index is 13.3. The van der Waals surface area contributed by atoms with Crippen LogP contribution in [0.25, 0.3) is 11.0 Å². The van der Waals surface area contributed by atoms with Crippen LogP contribution in [0.5, 0.6) is 0 Å². The van der Waals surface area contributed by atoms with E-state index in [0.29, 0.717) is 55.3 Å². The Morgan fingerprint density at radius 3 is 2.58 bits per heavy atom. The molecule has 1 aliphatic carbocycles. The van der Waals surface area contributed by atoms with Crippen molar-refractivity contribution in [2.75, 3.05) is 19.7 Å². The zero-order valence-electron chi connectivity index (χ0n) is 18.8. The zero-order chi connectivity index (χ0) is 23.2. The summed E-state index contributed by atoms with van der Waals surface area (Å²) in [7, 11) is -3.69. The second-order valence-corrected chi connectivity index (χ2v) is 11.4. The summed E-state index contributed by atoms with van der Waals surface area (Å²) < 4.78 is 38.7. The van der Waals surface area contributed by atoms with Gasteiger partial charge in [-0.3, -0.25) is 0 Å². The topological polar surface area (TPSA) is 97.1 Å². The molecule has 2 aromatic rings. The highest BCUT2D eigenvalue weighted by atomic mass is 32.2. The Morgan fingerprint density at radius 2 is 1.82 bits per heavy atom. The van der Waals surface area contributed by atoms with E-state index in [1.165, 1.54) is 22.5 Å². The van der Waals surface area contributed by atoms with Crippen LogP contribution in [0.2, 0.25) is 0 Å². The fraction of sp³-hybridized carbons (Fsp3) is 0.583. The molecule has 1 aromatic carbocycles. The number of fused-ring (bicyclic) bond motifs is 2. The molecule has 1 aromatic heterocycles. The smallest absolute Gasteiger partial charge is 0.410 e. The van der Waals surface area contributed by atoms with Crippen molar-refractivity contribution in [3.8, 4) is 0 Å². The largest absolute Gasteiger partial charge is 0.449 e. The average Bonchev–Trinajstić information content (AvgIpc) is 2.83. The highest BCUT2D eigenvalue weighted by molar-refractivity contribution is 7.89. The summed E-state index contributed by atoms with van der Waals surface area (Å²) in [6.07, 6.45) is 5.34. The Hall–Kier alpha value is -2.39. The SMILES string of the molecule is CCC1CCC2C(COC(=O)N2C2CCN(S(=O)(=O)c3ccc4oc(=O)ccc4c3)CC2)C1. The molecule has 0 bridgehead atoms. The molecule has 3 aliphatic rings. The first-order valence-electron chi connectivity index (χ1n) is 11.9. The van der Waals surface area contributed by atoms with Crippen LogP contribution in [-0.4, -0.2) is 55.5 Å². The van der Waals surface area contributed by atoms with Gasteiger partial charge >= 0.3 is 11.7 Å². The number of carbonyl (C=O) groups is 1. The molecular weight excluding hydrogens is 444 g/mol. The van der Waals surface area contributed by atoms with Crippen molar-refractivity contribution in [1.29, 1.82) is 0 Å². The minimum absolute atomic E-state index is 0.000746. The summed E-state index contributed by atoms with van der Waals surface area (Å²) in [4.78, 5) is 26.2. The fourth-order valence-electron chi connectivity index (χ4n) is 5.79. The van der Waals surface area contributed by atoms with Crippen LogP contribution in [0, 0.1) is 11.8 Å². The van der Waals surface area contributed by atoms with E-state index in [1.54, 1.807) is 12.1 Å². The van der Waals surface area contributed by atoms with Gasteiger partial charge in [-0.25, -0.2) is 18.0 Å². The second-order valence-electron chi connectivity index (χ2n) is 9.49. The number of carbonyl (C=O) groups excluding carboxylic acids is 1. The first-order chi connectivity index (χ1) is 15.9. The molecule has 1 amide bonds. The van der Waals surface area contributed by atoms with E-state index in [-0.39, 0.29) is 23.1 Å². The van der Waals surface area contributed by atoms with Gasteiger partial charge in [0.25, 0.3) is 0 Å². The van der Waals surface area contributed by atoms with Gasteiger partial charge in [0.1, 0.15) is 5.58 Å². The summed E-state index contributed by atoms with van der Waals surface area (Å²) in [6, 6.07) is 7.59. The van der Waals surface area contributed by atoms with Crippen molar-refractivity contribution in [2.24, 2.45) is 11.8 Å². The maximum absolute atomic E-state index is 13.3. The number of piperidine rings is 1. The quantitative estimate of drug-likeness (QED) is 0.628. The van der Waals surface area contributed by atoms with Gasteiger partial charge in [-0.15, -0.1) is 0 Å². The summed E-state index contributed by atoms with van der Waals surface area (Å²) in [5.41, 5.74) is -0.113. The molecule has 3 fully saturated rings. The van der Waals surface area contributed by atoms with E-state index in [4.69, 9.17) is 9.15 Å². The van der Waals surface area contributed by atoms with Crippen LogP contribution in [0.4, 0.5) is 4.79 Å². The van der Waals surface area contributed by atoms with Gasteiger partial charge in [0, 0.05) is 42.5 Å². The van der Waals surface area contributed by atoms with Crippen LogP contribution >= 0.6 is 0 Å². The van der Waals surface area contributed by atoms with E-state index in [1.807, 2.05) is 4.90 Å². The summed E-state index contributed by atoms with van der Waals surface area (Å²) in [5, 5.41) is 0.565. The van der Waals surface area contributed by atoms with Gasteiger partial charge in [-0.05, 0) is 62.3 Å². The third-order valence-corrected chi connectivity index (χ3v) is 9.56. The molecule has 3 heterocycles. The number of ether oxygens (including phenoxy) is 1. The lowest BCUT2D eigenvalue weighted by Crippen LogP contribution is -2.59. The molecule has 2 aliphatic heterocycles. The molecule has 3 unspecified atom stereocenters. The fourth-order valence-corrected chi connectivity index (χ4v) is 7.30. The van der Waals surface area contributed by atoms with Crippen LogP contribution in [0.15, 0.2) is 44.4 Å². The maximum Gasteiger partial charge on any atom is 0.410 e. The minimum atomic E-state index is -3.69. The number of cyclic esters (lactones) is 1. The first kappa shape index (κ1) is 22.4. The van der Waals surface area contributed by atoms with Crippen LogP contribution in [-0.2, 0) is 14.8 Å². The number of hydrogen-bond acceptors (Lipinski definition) is 6. The van der Waals surface area contributed by atoms with E-state index in [9.17, 15) is 18.0 Å². The van der Waals surface area contributed by atoms with Crippen molar-refractivity contribution >= 4 is 27.1 Å². The predicted molar refractivity (Wildman–Crippen MR) is 122 cm³/mol. The predicted octanol–water partition coefficient (Wildman–Crippen LogP) is 3.59. The van der Waals surface area contributed by atoms with Crippen molar-refractivity contribution in [2.45, 2.75) is 62.4 Å². The number of benzene rings is 1. The van der Waals surface area contributed by atoms with E-state index >= 15 is 0 Å². The van der Waals surface area contributed by atoms with Crippen LogP contribution in [0.3, 0.4) is 0 Å². The minimum Gasteiger partial charge on any atom is -0.449 e. The monoisotopic (exact) mass is 474 g/mol. The van der Waals surface area contributed by atoms with Gasteiger partial charge < -0.3 is 14.1 Å². The average molecular weight is 475 g/mol. The molecule has 33 heavy (non-hydrogen) atoms. The Morgan fingerprint density at radius 1 is 1.03 bits per heavy atom. The number of amides is 1. The molecule has 178 valence electrons. The third kappa shape index (κ3) is 4.17. The Balaban J connectivity index is 1.29. The summed E-state index contributed by atoms with van der Waals surface area (Å²) in [6.45, 7) is 3.44. The van der Waals surface area contributed by atoms with Crippen molar-refractivity contribution in [3.05, 3.63) is 40.8 Å². The normalized spacial score (nSPS) is 27.4. The second kappa shape index (κ2) is 8.76. The van der Waals surface area contributed by atoms with Gasteiger partial charge in [0.15, 0.2) is 0 Å². The van der Waals surface area contributed by atoms with Crippen molar-refractivity contribution < 1.29 is 22.4 Å². The Bertz CT molecular complexity index is 1200. The number of hydrogen-bond donors (Lipinski definition) is 0. The molecule has 0 radical (unpaired) electrons. The van der Waals surface area contributed by atoms with Crippen molar-refractivity contribution in [1.82, 2.24) is 9.21 Å². The van der Waals surface area contributed by atoms with Crippen molar-refractivity contribution in [3.63, 3.8) is 0 Å². The van der Waals surface area contributed by atoms with E-state index in [0.717, 1.165) is 25.7 Å². The van der Waals surface area contributed by atoms with Crippen LogP contribution < -0.4 is 5.63 Å². The Labute approximate surface area is 193 Å². The molecule has 9 heteroatoms. The van der Waals surface area contributed by atoms with E-state index in [2.05, 4.69) is 6.92 Å². The highest BCUT2D eigenvalue weighted by Crippen LogP contribution is 2.39. The molecule has 0 spiro atoms. The molecule has 0 N–H and O–H groups in total. The van der Waals surface area contributed by atoms with Crippen LogP contribution in [0.1, 0.15) is 45.4 Å². The van der Waals surface area contributed by atoms with Gasteiger partial charge in [0.05, 0.1) is 11.5 Å². The highest BCUT2D eigenvalue weighted by Gasteiger charge is 2.45. The molecule has 2 saturated heterocycles. The first-order valence-corrected chi connectivity index (χ1v) is 13.3. The summed E-state index contributed by atoms with van der Waals surface area (Å²) in [5.74, 6) is 1.08. The third-order valence-electron chi connectivity index (χ3n) is 7.66. The number of nitrogens with zero attached hydrogens (tertiary/aromatic N) is 2. The lowest BCUT2D eigenvalue weighted by Gasteiger charge is -2.49. The zero-order valence-corrected chi connectivity index (χ0v) is 19.6. The van der Waals surface area contributed by atoms with Gasteiger partial charge in [-0.1, -0.05) is 13.3 Å². The molecule has 5 rings (SSSR count). The molecule has 8 nitrogen and oxygen atoms in total. The lowest BCUT2D eigenvalue weighted by molar-refractivity contribution is -0.0427. The lowest BCUT2D eigenvalue weighted by atomic mass is 9.75.